The summed E-state index contributed by atoms with van der Waals surface area (Å²) in [6, 6.07) is 21.6. The molecule has 0 aliphatic carbocycles. The second-order valence-electron chi connectivity index (χ2n) is 9.91. The standard InChI is InChI=1S/C31H32N8O2/c1-38(2)16-6-15-32-29(40)13-14-30(41)36-23-9-11-26-25(17-23)31(34-20-33-26)37-24-10-12-28-27(18-24)35-21-39(28)19-22-7-4-3-5-8-22/h3-5,7-14,17-18,20-21H,6,15-16,19H2,1-2H3,(H,32,40)(H,36,41)(H,33,34,37)/b14-13+. The van der Waals surface area contributed by atoms with E-state index < -0.39 is 5.91 Å². The molecule has 0 spiro atoms. The van der Waals surface area contributed by atoms with Gasteiger partial charge in [0, 0.05) is 42.0 Å². The Bertz CT molecular complexity index is 1700. The molecule has 3 aromatic carbocycles. The van der Waals surface area contributed by atoms with Crippen molar-refractivity contribution in [1.82, 2.24) is 29.7 Å². The van der Waals surface area contributed by atoms with Crippen LogP contribution < -0.4 is 16.0 Å². The number of nitrogens with zero attached hydrogens (tertiary/aromatic N) is 5. The molecule has 0 saturated heterocycles. The predicted molar refractivity (Wildman–Crippen MR) is 162 cm³/mol. The molecule has 208 valence electrons. The SMILES string of the molecule is CN(C)CCCNC(=O)/C=C/C(=O)Nc1ccc2ncnc(Nc3ccc4c(c3)ncn4Cc3ccccc3)c2c1. The maximum atomic E-state index is 12.4. The molecule has 0 bridgehead atoms. The molecule has 0 unspecified atom stereocenters. The fourth-order valence-electron chi connectivity index (χ4n) is 4.42. The molecule has 0 atom stereocenters. The van der Waals surface area contributed by atoms with Crippen LogP contribution in [-0.2, 0) is 16.1 Å². The number of fused-ring (bicyclic) bond motifs is 2. The Morgan fingerprint density at radius 3 is 2.51 bits per heavy atom. The Labute approximate surface area is 238 Å². The number of hydrogen-bond acceptors (Lipinski definition) is 7. The Kier molecular flexibility index (Phi) is 8.61. The van der Waals surface area contributed by atoms with Gasteiger partial charge in [0.2, 0.25) is 11.8 Å². The molecule has 2 aromatic heterocycles. The summed E-state index contributed by atoms with van der Waals surface area (Å²) < 4.78 is 2.12. The van der Waals surface area contributed by atoms with Crippen molar-refractivity contribution >= 4 is 50.9 Å². The summed E-state index contributed by atoms with van der Waals surface area (Å²) in [6.07, 6.45) is 6.63. The highest BCUT2D eigenvalue weighted by molar-refractivity contribution is 6.05. The number of anilines is 3. The Morgan fingerprint density at radius 2 is 1.68 bits per heavy atom. The molecule has 41 heavy (non-hydrogen) atoms. The predicted octanol–water partition coefficient (Wildman–Crippen LogP) is 4.33. The third-order valence-corrected chi connectivity index (χ3v) is 6.45. The normalized spacial score (nSPS) is 11.4. The zero-order valence-corrected chi connectivity index (χ0v) is 23.0. The van der Waals surface area contributed by atoms with E-state index in [0.717, 1.165) is 47.1 Å². The molecule has 0 radical (unpaired) electrons. The summed E-state index contributed by atoms with van der Waals surface area (Å²) in [5.41, 5.74) is 5.22. The van der Waals surface area contributed by atoms with Crippen molar-refractivity contribution in [2.45, 2.75) is 13.0 Å². The van der Waals surface area contributed by atoms with Crippen LogP contribution in [0.1, 0.15) is 12.0 Å². The number of nitrogens with one attached hydrogen (secondary N) is 3. The molecule has 5 aromatic rings. The second-order valence-corrected chi connectivity index (χ2v) is 9.91. The van der Waals surface area contributed by atoms with E-state index >= 15 is 0 Å². The van der Waals surface area contributed by atoms with Gasteiger partial charge in [0.05, 0.1) is 22.9 Å². The minimum absolute atomic E-state index is 0.306. The van der Waals surface area contributed by atoms with E-state index in [9.17, 15) is 9.59 Å². The van der Waals surface area contributed by atoms with Gasteiger partial charge >= 0.3 is 0 Å². The second kappa shape index (κ2) is 12.8. The summed E-state index contributed by atoms with van der Waals surface area (Å²) in [5.74, 6) is -0.114. The van der Waals surface area contributed by atoms with Crippen LogP contribution in [0.25, 0.3) is 21.9 Å². The van der Waals surface area contributed by atoms with Crippen molar-refractivity contribution in [3.63, 3.8) is 0 Å². The number of rotatable bonds is 11. The minimum Gasteiger partial charge on any atom is -0.353 e. The van der Waals surface area contributed by atoms with Gasteiger partial charge in [-0.1, -0.05) is 30.3 Å². The van der Waals surface area contributed by atoms with Crippen molar-refractivity contribution < 1.29 is 9.59 Å². The van der Waals surface area contributed by atoms with E-state index in [-0.39, 0.29) is 5.91 Å². The van der Waals surface area contributed by atoms with Gasteiger partial charge in [0.15, 0.2) is 0 Å². The summed E-state index contributed by atoms with van der Waals surface area (Å²) in [5, 5.41) is 9.68. The highest BCUT2D eigenvalue weighted by atomic mass is 16.2. The van der Waals surface area contributed by atoms with Crippen molar-refractivity contribution in [3.05, 3.63) is 97.1 Å². The van der Waals surface area contributed by atoms with Gasteiger partial charge in [0.25, 0.3) is 0 Å². The first-order chi connectivity index (χ1) is 19.9. The van der Waals surface area contributed by atoms with E-state index in [4.69, 9.17) is 0 Å². The average Bonchev–Trinajstić information content (AvgIpc) is 3.36. The largest absolute Gasteiger partial charge is 0.353 e. The molecule has 5 rings (SSSR count). The number of hydrogen-bond donors (Lipinski definition) is 3. The van der Waals surface area contributed by atoms with Crippen LogP contribution in [0.4, 0.5) is 17.2 Å². The van der Waals surface area contributed by atoms with Gasteiger partial charge in [-0.05, 0) is 69.0 Å². The van der Waals surface area contributed by atoms with Gasteiger partial charge in [0.1, 0.15) is 12.1 Å². The lowest BCUT2D eigenvalue weighted by molar-refractivity contribution is -0.117. The lowest BCUT2D eigenvalue weighted by Gasteiger charge is -2.10. The van der Waals surface area contributed by atoms with Gasteiger partial charge < -0.3 is 25.4 Å². The summed E-state index contributed by atoms with van der Waals surface area (Å²) in [4.78, 5) is 39.9. The molecule has 0 aliphatic heterocycles. The number of aromatic nitrogens is 4. The van der Waals surface area contributed by atoms with Crippen LogP contribution in [-0.4, -0.2) is 63.4 Å². The average molecular weight is 549 g/mol. The summed E-state index contributed by atoms with van der Waals surface area (Å²) in [6.45, 7) is 2.17. The third-order valence-electron chi connectivity index (χ3n) is 6.45. The molecule has 2 heterocycles. The van der Waals surface area contributed by atoms with Crippen molar-refractivity contribution in [2.75, 3.05) is 37.8 Å². The quantitative estimate of drug-likeness (QED) is 0.166. The highest BCUT2D eigenvalue weighted by Crippen LogP contribution is 2.27. The van der Waals surface area contributed by atoms with Crippen molar-refractivity contribution in [1.29, 1.82) is 0 Å². The molecule has 10 heteroatoms. The fourth-order valence-corrected chi connectivity index (χ4v) is 4.42. The van der Waals surface area contributed by atoms with Crippen molar-refractivity contribution in [3.8, 4) is 0 Å². The molecule has 10 nitrogen and oxygen atoms in total. The Hall–Kier alpha value is -5.09. The zero-order chi connectivity index (χ0) is 28.6. The van der Waals surface area contributed by atoms with Crippen LogP contribution >= 0.6 is 0 Å². The van der Waals surface area contributed by atoms with Gasteiger partial charge in [-0.2, -0.15) is 0 Å². The lowest BCUT2D eigenvalue weighted by atomic mass is 10.2. The van der Waals surface area contributed by atoms with E-state index in [0.29, 0.717) is 18.1 Å². The lowest BCUT2D eigenvalue weighted by Crippen LogP contribution is -2.25. The van der Waals surface area contributed by atoms with Gasteiger partial charge in [-0.15, -0.1) is 0 Å². The molecule has 0 fully saturated rings. The monoisotopic (exact) mass is 548 g/mol. The Morgan fingerprint density at radius 1 is 0.878 bits per heavy atom. The number of benzene rings is 3. The highest BCUT2D eigenvalue weighted by Gasteiger charge is 2.09. The Balaban J connectivity index is 1.26. The third kappa shape index (κ3) is 7.31. The first kappa shape index (κ1) is 27.5. The van der Waals surface area contributed by atoms with E-state index in [1.165, 1.54) is 24.0 Å². The molecular weight excluding hydrogens is 516 g/mol. The molecule has 2 amide bonds. The van der Waals surface area contributed by atoms with E-state index in [2.05, 4.69) is 47.6 Å². The number of imidazole rings is 1. The van der Waals surface area contributed by atoms with Crippen LogP contribution in [0.2, 0.25) is 0 Å². The number of amides is 2. The molecule has 0 aliphatic rings. The van der Waals surface area contributed by atoms with E-state index in [1.54, 1.807) is 12.1 Å². The van der Waals surface area contributed by atoms with Crippen LogP contribution in [0.5, 0.6) is 0 Å². The van der Waals surface area contributed by atoms with Crippen molar-refractivity contribution in [2.24, 2.45) is 0 Å². The summed E-state index contributed by atoms with van der Waals surface area (Å²) >= 11 is 0. The molecular formula is C31H32N8O2. The first-order valence-corrected chi connectivity index (χ1v) is 13.4. The van der Waals surface area contributed by atoms with Crippen LogP contribution in [0.15, 0.2) is 91.5 Å². The first-order valence-electron chi connectivity index (χ1n) is 13.4. The summed E-state index contributed by atoms with van der Waals surface area (Å²) in [7, 11) is 3.96. The molecule has 3 N–H and O–H groups in total. The number of carbonyl (C=O) groups is 2. The number of carbonyl (C=O) groups excluding carboxylic acids is 2. The van der Waals surface area contributed by atoms with Gasteiger partial charge in [-0.3, -0.25) is 9.59 Å². The van der Waals surface area contributed by atoms with E-state index in [1.807, 2.05) is 67.8 Å². The van der Waals surface area contributed by atoms with Crippen LogP contribution in [0, 0.1) is 0 Å². The smallest absolute Gasteiger partial charge is 0.248 e. The van der Waals surface area contributed by atoms with Gasteiger partial charge in [-0.25, -0.2) is 15.0 Å². The minimum atomic E-state index is -0.407. The maximum absolute atomic E-state index is 12.4. The topological polar surface area (TPSA) is 117 Å². The maximum Gasteiger partial charge on any atom is 0.248 e. The zero-order valence-electron chi connectivity index (χ0n) is 23.0. The molecule has 0 saturated carbocycles. The fraction of sp³-hybridized carbons (Fsp3) is 0.194. The van der Waals surface area contributed by atoms with Crippen LogP contribution in [0.3, 0.4) is 0 Å².